The predicted octanol–water partition coefficient (Wildman–Crippen LogP) is 4.37. The smallest absolute Gasteiger partial charge is 0.490 e. The van der Waals surface area contributed by atoms with E-state index in [-0.39, 0.29) is 24.1 Å². The summed E-state index contributed by atoms with van der Waals surface area (Å²) in [6.07, 6.45) is -3.14. The molecule has 0 radical (unpaired) electrons. The Balaban J connectivity index is 0.000000587. The minimum absolute atomic E-state index is 0.00265. The van der Waals surface area contributed by atoms with Gasteiger partial charge in [-0.25, -0.2) is 14.6 Å². The molecule has 1 saturated heterocycles. The Morgan fingerprint density at radius 3 is 2.46 bits per heavy atom. The number of nitrogens with one attached hydrogen (secondary N) is 1. The average Bonchev–Trinajstić information content (AvgIpc) is 2.95. The maximum atomic E-state index is 11.6. The number of aromatic hydroxyl groups is 1. The van der Waals surface area contributed by atoms with E-state index in [9.17, 15) is 28.3 Å². The first-order valence-electron chi connectivity index (χ1n) is 12.3. The molecule has 0 saturated carbocycles. The maximum Gasteiger partial charge on any atom is 0.490 e. The lowest BCUT2D eigenvalue weighted by atomic mass is 9.88. The number of ether oxygens (including phenoxy) is 2. The molecule has 1 aliphatic heterocycles. The Kier molecular flexibility index (Phi) is 10.1. The van der Waals surface area contributed by atoms with Gasteiger partial charge in [0.05, 0.1) is 29.5 Å². The van der Waals surface area contributed by atoms with Crippen LogP contribution in [0.25, 0.3) is 11.3 Å². The van der Waals surface area contributed by atoms with Crippen molar-refractivity contribution in [2.45, 2.75) is 31.5 Å². The van der Waals surface area contributed by atoms with E-state index >= 15 is 0 Å². The van der Waals surface area contributed by atoms with Gasteiger partial charge in [-0.1, -0.05) is 18.2 Å². The fourth-order valence-corrected chi connectivity index (χ4v) is 4.19. The first-order chi connectivity index (χ1) is 19.5. The Morgan fingerprint density at radius 2 is 1.90 bits per heavy atom. The van der Waals surface area contributed by atoms with Crippen LogP contribution in [0.2, 0.25) is 0 Å². The fraction of sp³-hybridized carbons (Fsp3) is 0.286. The number of benzene rings is 2. The number of pyridine rings is 1. The zero-order valence-corrected chi connectivity index (χ0v) is 21.9. The number of aliphatic carboxylic acids is 1. The summed E-state index contributed by atoms with van der Waals surface area (Å²) in [6.45, 7) is 1.91. The van der Waals surface area contributed by atoms with E-state index in [1.807, 2.05) is 6.07 Å². The van der Waals surface area contributed by atoms with Crippen molar-refractivity contribution in [3.05, 3.63) is 70.8 Å². The molecule has 1 fully saturated rings. The number of carboxylic acid groups (broad SMARTS) is 1. The highest BCUT2D eigenvalue weighted by molar-refractivity contribution is 5.89. The number of phenols is 1. The molecule has 3 aromatic rings. The second-order valence-electron chi connectivity index (χ2n) is 8.94. The van der Waals surface area contributed by atoms with Crippen LogP contribution in [0, 0.1) is 11.3 Å². The van der Waals surface area contributed by atoms with E-state index in [4.69, 9.17) is 25.1 Å². The van der Waals surface area contributed by atoms with Crippen molar-refractivity contribution in [3.8, 4) is 28.8 Å². The number of phenolic OH excluding ortho intramolecular Hbond substituents is 1. The first-order valence-corrected chi connectivity index (χ1v) is 12.3. The van der Waals surface area contributed by atoms with E-state index in [0.29, 0.717) is 28.1 Å². The average molecular weight is 573 g/mol. The van der Waals surface area contributed by atoms with Crippen molar-refractivity contribution in [1.82, 2.24) is 10.3 Å². The number of piperidine rings is 1. The Morgan fingerprint density at radius 1 is 1.22 bits per heavy atom. The quantitative estimate of drug-likeness (QED) is 0.311. The standard InChI is InChI=1S/C26H26N4O4.C2HF3O2/c1-33-26(32)17-9-7-16(8-10-17)15-34-23-6-2-5-22(31)24(23)21-12-19(18-4-3-11-29-14-18)20(13-27)25(28)30-21;3-2(4,5)1(6)7/h2,5-10,12,18,29,31H,3-4,11,14-15H2,1H3,(H2,28,30);(H,6,7). The number of carbonyl (C=O) groups is 2. The van der Waals surface area contributed by atoms with Gasteiger partial charge in [-0.05, 0) is 66.8 Å². The summed E-state index contributed by atoms with van der Waals surface area (Å²) in [4.78, 5) is 25.0. The molecule has 0 bridgehead atoms. The van der Waals surface area contributed by atoms with Crippen molar-refractivity contribution in [1.29, 1.82) is 5.26 Å². The number of nitrogens with two attached hydrogens (primary N) is 1. The highest BCUT2D eigenvalue weighted by Gasteiger charge is 2.38. The molecule has 2 heterocycles. The topological polar surface area (TPSA) is 168 Å². The summed E-state index contributed by atoms with van der Waals surface area (Å²) in [6, 6.07) is 15.9. The molecule has 1 aromatic heterocycles. The maximum absolute atomic E-state index is 11.6. The lowest BCUT2D eigenvalue weighted by Crippen LogP contribution is -2.29. The number of carboxylic acids is 1. The normalized spacial score (nSPS) is 14.7. The fourth-order valence-electron chi connectivity index (χ4n) is 4.19. The van der Waals surface area contributed by atoms with Crippen LogP contribution in [0.5, 0.6) is 11.5 Å². The van der Waals surface area contributed by atoms with Gasteiger partial charge >= 0.3 is 18.1 Å². The lowest BCUT2D eigenvalue weighted by molar-refractivity contribution is -0.192. The molecule has 13 heteroatoms. The monoisotopic (exact) mass is 572 g/mol. The number of carbonyl (C=O) groups excluding carboxylic acids is 1. The summed E-state index contributed by atoms with van der Waals surface area (Å²) in [7, 11) is 1.34. The largest absolute Gasteiger partial charge is 0.507 e. The molecule has 1 unspecified atom stereocenters. The van der Waals surface area contributed by atoms with Gasteiger partial charge in [0.2, 0.25) is 0 Å². The van der Waals surface area contributed by atoms with Crippen molar-refractivity contribution < 1.29 is 42.4 Å². The summed E-state index contributed by atoms with van der Waals surface area (Å²) in [5.41, 5.74) is 9.53. The van der Waals surface area contributed by atoms with Gasteiger partial charge in [0, 0.05) is 6.54 Å². The number of methoxy groups -OCH3 is 1. The molecule has 2 aromatic carbocycles. The molecule has 10 nitrogen and oxygen atoms in total. The molecule has 0 aliphatic carbocycles. The molecular weight excluding hydrogens is 545 g/mol. The zero-order chi connectivity index (χ0) is 30.2. The van der Waals surface area contributed by atoms with Crippen LogP contribution >= 0.6 is 0 Å². The van der Waals surface area contributed by atoms with Crippen molar-refractivity contribution in [2.24, 2.45) is 0 Å². The summed E-state index contributed by atoms with van der Waals surface area (Å²) < 4.78 is 42.5. The first kappa shape index (κ1) is 30.7. The lowest BCUT2D eigenvalue weighted by Gasteiger charge is -2.25. The minimum atomic E-state index is -5.08. The highest BCUT2D eigenvalue weighted by atomic mass is 19.4. The van der Waals surface area contributed by atoms with Crippen LogP contribution in [0.1, 0.15) is 45.8 Å². The van der Waals surface area contributed by atoms with E-state index in [2.05, 4.69) is 16.4 Å². The molecule has 1 atom stereocenters. The highest BCUT2D eigenvalue weighted by Crippen LogP contribution is 2.40. The van der Waals surface area contributed by atoms with Crippen LogP contribution in [0.3, 0.4) is 0 Å². The predicted molar refractivity (Wildman–Crippen MR) is 141 cm³/mol. The number of anilines is 1. The van der Waals surface area contributed by atoms with Crippen molar-refractivity contribution in [2.75, 3.05) is 25.9 Å². The summed E-state index contributed by atoms with van der Waals surface area (Å²) >= 11 is 0. The van der Waals surface area contributed by atoms with Crippen LogP contribution in [-0.4, -0.2) is 53.5 Å². The van der Waals surface area contributed by atoms with Gasteiger partial charge in [-0.2, -0.15) is 18.4 Å². The van der Waals surface area contributed by atoms with Crippen LogP contribution < -0.4 is 15.8 Å². The Labute approximate surface area is 233 Å². The zero-order valence-electron chi connectivity index (χ0n) is 21.9. The van der Waals surface area contributed by atoms with Crippen LogP contribution in [0.4, 0.5) is 19.0 Å². The number of hydrogen-bond donors (Lipinski definition) is 4. The molecule has 5 N–H and O–H groups in total. The number of nitriles is 1. The van der Waals surface area contributed by atoms with Gasteiger partial charge in [-0.15, -0.1) is 0 Å². The SMILES string of the molecule is COC(=O)c1ccc(COc2cccc(O)c2-c2cc(C3CCCNC3)c(C#N)c(N)n2)cc1.O=C(O)C(F)(F)F. The Hall–Kier alpha value is -4.83. The van der Waals surface area contributed by atoms with E-state index < -0.39 is 18.1 Å². The van der Waals surface area contributed by atoms with E-state index in [1.54, 1.807) is 42.5 Å². The van der Waals surface area contributed by atoms with Crippen LogP contribution in [-0.2, 0) is 16.1 Å². The van der Waals surface area contributed by atoms with Crippen molar-refractivity contribution >= 4 is 17.8 Å². The third kappa shape index (κ3) is 7.86. The van der Waals surface area contributed by atoms with Gasteiger partial charge < -0.3 is 30.7 Å². The molecule has 0 spiro atoms. The molecule has 41 heavy (non-hydrogen) atoms. The molecule has 0 amide bonds. The second kappa shape index (κ2) is 13.5. The van der Waals surface area contributed by atoms with Gasteiger partial charge in [0.25, 0.3) is 0 Å². The van der Waals surface area contributed by atoms with Crippen molar-refractivity contribution in [3.63, 3.8) is 0 Å². The number of nitrogens with zero attached hydrogens (tertiary/aromatic N) is 2. The van der Waals surface area contributed by atoms with E-state index in [1.165, 1.54) is 7.11 Å². The number of esters is 1. The van der Waals surface area contributed by atoms with Gasteiger partial charge in [0.1, 0.15) is 30.0 Å². The number of hydrogen-bond acceptors (Lipinski definition) is 9. The number of alkyl halides is 3. The Bertz CT molecular complexity index is 1430. The third-order valence-electron chi connectivity index (χ3n) is 6.20. The third-order valence-corrected chi connectivity index (χ3v) is 6.20. The van der Waals surface area contributed by atoms with Gasteiger partial charge in [0.15, 0.2) is 0 Å². The van der Waals surface area contributed by atoms with Gasteiger partial charge in [-0.3, -0.25) is 0 Å². The number of aromatic nitrogens is 1. The van der Waals surface area contributed by atoms with E-state index in [0.717, 1.165) is 37.1 Å². The molecule has 216 valence electrons. The molecule has 4 rings (SSSR count). The minimum Gasteiger partial charge on any atom is -0.507 e. The number of nitrogen functional groups attached to an aromatic ring is 1. The molecule has 1 aliphatic rings. The number of halogens is 3. The van der Waals surface area contributed by atoms with Crippen LogP contribution in [0.15, 0.2) is 48.5 Å². The molecular formula is C28H27F3N4O6. The summed E-state index contributed by atoms with van der Waals surface area (Å²) in [5.74, 6) is -2.46. The summed E-state index contributed by atoms with van der Waals surface area (Å²) in [5, 5.41) is 30.9. The number of rotatable bonds is 6. The second-order valence-corrected chi connectivity index (χ2v) is 8.94.